The third kappa shape index (κ3) is 4.11. The van der Waals surface area contributed by atoms with Gasteiger partial charge in [0.25, 0.3) is 0 Å². The summed E-state index contributed by atoms with van der Waals surface area (Å²) in [6.45, 7) is 2.75. The molecular formula is C23H21ClN2O3. The largest absolute Gasteiger partial charge is 0.490 e. The minimum atomic E-state index is -0.480. The van der Waals surface area contributed by atoms with Crippen LogP contribution in [-0.4, -0.2) is 28.5 Å². The van der Waals surface area contributed by atoms with Crippen molar-refractivity contribution in [3.8, 4) is 0 Å². The van der Waals surface area contributed by atoms with Gasteiger partial charge in [0.15, 0.2) is 5.78 Å². The van der Waals surface area contributed by atoms with Gasteiger partial charge in [-0.05, 0) is 42.8 Å². The molecule has 1 N–H and O–H groups in total. The van der Waals surface area contributed by atoms with Gasteiger partial charge in [0.2, 0.25) is 0 Å². The number of nitrogens with zero attached hydrogens (tertiary/aromatic N) is 1. The smallest absolute Gasteiger partial charge is 0.175 e. The summed E-state index contributed by atoms with van der Waals surface area (Å²) >= 11 is 5.94. The van der Waals surface area contributed by atoms with Gasteiger partial charge in [0.1, 0.15) is 24.1 Å². The van der Waals surface area contributed by atoms with Crippen molar-refractivity contribution in [3.05, 3.63) is 88.9 Å². The van der Waals surface area contributed by atoms with E-state index < -0.39 is 12.0 Å². The summed E-state index contributed by atoms with van der Waals surface area (Å²) in [6.07, 6.45) is 8.50. The van der Waals surface area contributed by atoms with Gasteiger partial charge in [-0.2, -0.15) is 0 Å². The molecule has 2 atom stereocenters. The van der Waals surface area contributed by atoms with E-state index >= 15 is 0 Å². The van der Waals surface area contributed by atoms with Crippen molar-refractivity contribution >= 4 is 28.4 Å². The molecule has 4 rings (SSSR count). The predicted octanol–water partition coefficient (Wildman–Crippen LogP) is 5.09. The molecule has 0 aliphatic heterocycles. The molecule has 0 amide bonds. The zero-order valence-corrected chi connectivity index (χ0v) is 16.7. The van der Waals surface area contributed by atoms with Crippen LogP contribution >= 0.6 is 11.6 Å². The van der Waals surface area contributed by atoms with E-state index in [1.807, 2.05) is 61.5 Å². The average molecular weight is 409 g/mol. The molecule has 0 saturated carbocycles. The van der Waals surface area contributed by atoms with Crippen molar-refractivity contribution in [2.75, 3.05) is 6.61 Å². The van der Waals surface area contributed by atoms with Gasteiger partial charge in [-0.15, -0.1) is 0 Å². The SMILES string of the molecule is CCOC1C(OCc2ccc(Cl)cc2)=CC=CC1C(=O)c1c[nH]c2ncccc12. The van der Waals surface area contributed by atoms with E-state index in [-0.39, 0.29) is 5.78 Å². The normalized spacial score (nSPS) is 18.6. The molecule has 2 aromatic heterocycles. The first-order valence-corrected chi connectivity index (χ1v) is 9.88. The Morgan fingerprint density at radius 3 is 2.86 bits per heavy atom. The van der Waals surface area contributed by atoms with Crippen molar-refractivity contribution in [1.82, 2.24) is 9.97 Å². The van der Waals surface area contributed by atoms with Gasteiger partial charge < -0.3 is 14.5 Å². The van der Waals surface area contributed by atoms with Crippen LogP contribution in [-0.2, 0) is 16.1 Å². The van der Waals surface area contributed by atoms with Crippen LogP contribution in [0.4, 0.5) is 0 Å². The molecule has 2 unspecified atom stereocenters. The lowest BCUT2D eigenvalue weighted by Gasteiger charge is -2.28. The molecule has 2 heterocycles. The molecule has 29 heavy (non-hydrogen) atoms. The van der Waals surface area contributed by atoms with Gasteiger partial charge in [-0.1, -0.05) is 35.9 Å². The molecule has 5 nitrogen and oxygen atoms in total. The fourth-order valence-corrected chi connectivity index (χ4v) is 3.58. The molecule has 3 aromatic rings. The maximum atomic E-state index is 13.3. The van der Waals surface area contributed by atoms with Crippen LogP contribution in [0.5, 0.6) is 0 Å². The maximum Gasteiger partial charge on any atom is 0.175 e. The Labute approximate surface area is 174 Å². The highest BCUT2D eigenvalue weighted by atomic mass is 35.5. The van der Waals surface area contributed by atoms with Gasteiger partial charge in [0.05, 0.1) is 5.92 Å². The standard InChI is InChI=1S/C23H21ClN2O3/c1-2-28-22-18(21(27)19-13-26-23-17(19)6-4-12-25-23)5-3-7-20(22)29-14-15-8-10-16(24)11-9-15/h3-13,18,22H,2,14H2,1H3,(H,25,26). The number of aromatic amines is 1. The second-order valence-corrected chi connectivity index (χ2v) is 7.17. The Morgan fingerprint density at radius 1 is 1.24 bits per heavy atom. The van der Waals surface area contributed by atoms with Crippen molar-refractivity contribution in [3.63, 3.8) is 0 Å². The first-order chi connectivity index (χ1) is 14.2. The second kappa shape index (κ2) is 8.64. The van der Waals surface area contributed by atoms with Crippen LogP contribution in [0.3, 0.4) is 0 Å². The molecule has 0 saturated heterocycles. The number of halogens is 1. The molecule has 0 spiro atoms. The summed E-state index contributed by atoms with van der Waals surface area (Å²) in [5, 5.41) is 1.49. The Balaban J connectivity index is 1.55. The Hall–Kier alpha value is -2.89. The number of rotatable bonds is 7. The molecule has 1 aliphatic rings. The zero-order chi connectivity index (χ0) is 20.2. The summed E-state index contributed by atoms with van der Waals surface area (Å²) < 4.78 is 12.0. The highest BCUT2D eigenvalue weighted by Gasteiger charge is 2.34. The van der Waals surface area contributed by atoms with Crippen molar-refractivity contribution in [1.29, 1.82) is 0 Å². The van der Waals surface area contributed by atoms with E-state index in [0.29, 0.717) is 35.2 Å². The number of allylic oxidation sites excluding steroid dienone is 2. The van der Waals surface area contributed by atoms with E-state index in [1.54, 1.807) is 12.4 Å². The minimum Gasteiger partial charge on any atom is -0.490 e. The molecule has 6 heteroatoms. The van der Waals surface area contributed by atoms with Gasteiger partial charge in [-0.3, -0.25) is 4.79 Å². The lowest BCUT2D eigenvalue weighted by molar-refractivity contribution is 0.00971. The summed E-state index contributed by atoms with van der Waals surface area (Å²) in [7, 11) is 0. The van der Waals surface area contributed by atoms with E-state index in [9.17, 15) is 4.79 Å². The lowest BCUT2D eigenvalue weighted by Crippen LogP contribution is -2.33. The van der Waals surface area contributed by atoms with Crippen molar-refractivity contribution in [2.45, 2.75) is 19.6 Å². The number of H-pyrrole nitrogens is 1. The molecule has 1 aliphatic carbocycles. The number of carbonyl (C=O) groups excluding carboxylic acids is 1. The number of Topliss-reactive ketones (excluding diaryl/α,β-unsaturated/α-hetero) is 1. The second-order valence-electron chi connectivity index (χ2n) is 6.74. The van der Waals surface area contributed by atoms with E-state index in [4.69, 9.17) is 21.1 Å². The van der Waals surface area contributed by atoms with Gasteiger partial charge in [0, 0.05) is 35.0 Å². The Bertz CT molecular complexity index is 1070. The third-order valence-electron chi connectivity index (χ3n) is 4.87. The maximum absolute atomic E-state index is 13.3. The fraction of sp³-hybridized carbons (Fsp3) is 0.217. The highest BCUT2D eigenvalue weighted by Crippen LogP contribution is 2.30. The van der Waals surface area contributed by atoms with Gasteiger partial charge in [-0.25, -0.2) is 4.98 Å². The minimum absolute atomic E-state index is 0.0281. The predicted molar refractivity (Wildman–Crippen MR) is 113 cm³/mol. The molecule has 0 radical (unpaired) electrons. The van der Waals surface area contributed by atoms with Crippen LogP contribution in [0.2, 0.25) is 5.02 Å². The number of fused-ring (bicyclic) bond motifs is 1. The molecule has 0 fully saturated rings. The van der Waals surface area contributed by atoms with Crippen LogP contribution in [0.1, 0.15) is 22.8 Å². The molecule has 0 bridgehead atoms. The summed E-state index contributed by atoms with van der Waals surface area (Å²) in [5.41, 5.74) is 2.29. The van der Waals surface area contributed by atoms with Crippen molar-refractivity contribution in [2.24, 2.45) is 5.92 Å². The molecule has 1 aromatic carbocycles. The monoisotopic (exact) mass is 408 g/mol. The van der Waals surface area contributed by atoms with E-state index in [2.05, 4.69) is 9.97 Å². The van der Waals surface area contributed by atoms with Crippen LogP contribution in [0.25, 0.3) is 11.0 Å². The first kappa shape index (κ1) is 19.4. The van der Waals surface area contributed by atoms with Crippen molar-refractivity contribution < 1.29 is 14.3 Å². The third-order valence-corrected chi connectivity index (χ3v) is 5.12. The van der Waals surface area contributed by atoms with E-state index in [1.165, 1.54) is 0 Å². The van der Waals surface area contributed by atoms with Crippen LogP contribution < -0.4 is 0 Å². The van der Waals surface area contributed by atoms with Crippen LogP contribution in [0.15, 0.2) is 72.8 Å². The highest BCUT2D eigenvalue weighted by molar-refractivity contribution is 6.30. The first-order valence-electron chi connectivity index (χ1n) is 9.51. The Kier molecular flexibility index (Phi) is 5.79. The number of ketones is 1. The number of ether oxygens (including phenoxy) is 2. The number of hydrogen-bond donors (Lipinski definition) is 1. The fourth-order valence-electron chi connectivity index (χ4n) is 3.45. The van der Waals surface area contributed by atoms with Gasteiger partial charge >= 0.3 is 0 Å². The summed E-state index contributed by atoms with van der Waals surface area (Å²) in [4.78, 5) is 20.7. The number of hydrogen-bond acceptors (Lipinski definition) is 4. The average Bonchev–Trinajstić information content (AvgIpc) is 3.18. The number of pyridine rings is 1. The lowest BCUT2D eigenvalue weighted by atomic mass is 9.88. The zero-order valence-electron chi connectivity index (χ0n) is 16.0. The van der Waals surface area contributed by atoms with E-state index in [0.717, 1.165) is 10.9 Å². The Morgan fingerprint density at radius 2 is 2.07 bits per heavy atom. The quantitative estimate of drug-likeness (QED) is 0.553. The summed E-state index contributed by atoms with van der Waals surface area (Å²) in [5.74, 6) is 0.139. The molecular weight excluding hydrogens is 388 g/mol. The number of nitrogens with one attached hydrogen (secondary N) is 1. The summed E-state index contributed by atoms with van der Waals surface area (Å²) in [6, 6.07) is 11.2. The number of aromatic nitrogens is 2. The topological polar surface area (TPSA) is 64.2 Å². The van der Waals surface area contributed by atoms with Crippen LogP contribution in [0, 0.1) is 5.92 Å². The number of carbonyl (C=O) groups is 1. The molecule has 148 valence electrons. The number of benzene rings is 1.